The van der Waals surface area contributed by atoms with Crippen LogP contribution in [0.2, 0.25) is 0 Å². The minimum Gasteiger partial charge on any atom is -0.480 e. The van der Waals surface area contributed by atoms with Crippen molar-refractivity contribution in [1.29, 1.82) is 0 Å². The van der Waals surface area contributed by atoms with E-state index in [1.165, 1.54) is 12.1 Å². The molecule has 1 spiro atoms. The van der Waals surface area contributed by atoms with E-state index in [0.717, 1.165) is 4.90 Å². The van der Waals surface area contributed by atoms with Gasteiger partial charge < -0.3 is 5.11 Å². The highest BCUT2D eigenvalue weighted by atomic mass is 16.4. The van der Waals surface area contributed by atoms with Crippen LogP contribution in [-0.2, 0) is 14.4 Å². The predicted octanol–water partition coefficient (Wildman–Crippen LogP) is 0.667. The zero-order valence-corrected chi connectivity index (χ0v) is 14.9. The van der Waals surface area contributed by atoms with E-state index in [1.54, 1.807) is 42.5 Å². The van der Waals surface area contributed by atoms with Crippen LogP contribution in [0.25, 0.3) is 0 Å². The molecule has 2 fully saturated rings. The van der Waals surface area contributed by atoms with Gasteiger partial charge in [0, 0.05) is 11.1 Å². The lowest BCUT2D eigenvalue weighted by Crippen LogP contribution is -2.59. The molecule has 144 valence electrons. The van der Waals surface area contributed by atoms with Crippen molar-refractivity contribution in [3.05, 3.63) is 65.7 Å². The highest BCUT2D eigenvalue weighted by Crippen LogP contribution is 2.49. The van der Waals surface area contributed by atoms with Crippen LogP contribution >= 0.6 is 0 Å². The molecule has 0 unspecified atom stereocenters. The van der Waals surface area contributed by atoms with Gasteiger partial charge >= 0.3 is 5.97 Å². The summed E-state index contributed by atoms with van der Waals surface area (Å²) in [5.74, 6) is -7.02. The summed E-state index contributed by atoms with van der Waals surface area (Å²) in [6, 6.07) is 12.6. The Bertz CT molecular complexity index is 1090. The first-order chi connectivity index (χ1) is 13.9. The number of carbonyl (C=O) groups excluding carboxylic acids is 4. The van der Waals surface area contributed by atoms with Gasteiger partial charge in [-0.05, 0) is 12.1 Å². The van der Waals surface area contributed by atoms with Crippen molar-refractivity contribution in [2.75, 3.05) is 4.90 Å². The highest BCUT2D eigenvalue weighted by molar-refractivity contribution is 6.38. The second kappa shape index (κ2) is 5.68. The maximum atomic E-state index is 13.3. The lowest BCUT2D eigenvalue weighted by molar-refractivity contribution is -0.142. The average molecular weight is 390 g/mol. The summed E-state index contributed by atoms with van der Waals surface area (Å²) < 4.78 is 0. The lowest BCUT2D eigenvalue weighted by atomic mass is 9.77. The summed E-state index contributed by atoms with van der Waals surface area (Å²) in [5.41, 5.74) is -1.58. The largest absolute Gasteiger partial charge is 0.480 e. The third kappa shape index (κ3) is 1.98. The first-order valence-corrected chi connectivity index (χ1v) is 9.01. The van der Waals surface area contributed by atoms with E-state index in [-0.39, 0.29) is 16.8 Å². The fourth-order valence-electron chi connectivity index (χ4n) is 4.77. The topological polar surface area (TPSA) is 121 Å². The van der Waals surface area contributed by atoms with Gasteiger partial charge in [0.25, 0.3) is 0 Å². The molecule has 2 aliphatic heterocycles. The van der Waals surface area contributed by atoms with Gasteiger partial charge in [-0.15, -0.1) is 0 Å². The second-order valence-corrected chi connectivity index (χ2v) is 7.32. The number of para-hydroxylation sites is 1. The number of nitrogens with zero attached hydrogens (tertiary/aromatic N) is 1. The molecule has 3 atom stereocenters. The van der Waals surface area contributed by atoms with Crippen molar-refractivity contribution in [2.24, 2.45) is 11.8 Å². The first-order valence-electron chi connectivity index (χ1n) is 9.01. The third-order valence-electron chi connectivity index (χ3n) is 5.97. The average Bonchev–Trinajstić information content (AvgIpc) is 3.29. The van der Waals surface area contributed by atoms with Gasteiger partial charge in [0.1, 0.15) is 6.04 Å². The highest BCUT2D eigenvalue weighted by Gasteiger charge is 2.74. The van der Waals surface area contributed by atoms with Gasteiger partial charge in [0.05, 0.1) is 17.5 Å². The van der Waals surface area contributed by atoms with Crippen LogP contribution in [0.15, 0.2) is 54.6 Å². The molecule has 2 amide bonds. The number of aliphatic carboxylic acids is 1. The van der Waals surface area contributed by atoms with E-state index in [2.05, 4.69) is 5.32 Å². The van der Waals surface area contributed by atoms with Crippen LogP contribution in [0.3, 0.4) is 0 Å². The molecule has 0 bridgehead atoms. The summed E-state index contributed by atoms with van der Waals surface area (Å²) in [7, 11) is 0. The number of Topliss-reactive ketones (excluding diaryl/α,β-unsaturated/α-hetero) is 2. The Morgan fingerprint density at radius 3 is 1.97 bits per heavy atom. The van der Waals surface area contributed by atoms with E-state index in [9.17, 15) is 29.1 Å². The van der Waals surface area contributed by atoms with Crippen molar-refractivity contribution in [3.8, 4) is 0 Å². The Morgan fingerprint density at radius 2 is 1.41 bits per heavy atom. The number of carbonyl (C=O) groups is 5. The number of carboxylic acids is 1. The maximum Gasteiger partial charge on any atom is 0.321 e. The Morgan fingerprint density at radius 1 is 0.862 bits per heavy atom. The molecule has 0 aromatic heterocycles. The van der Waals surface area contributed by atoms with Gasteiger partial charge in [0.15, 0.2) is 17.1 Å². The first kappa shape index (κ1) is 17.4. The van der Waals surface area contributed by atoms with Gasteiger partial charge in [-0.2, -0.15) is 0 Å². The number of rotatable bonds is 2. The molecular formula is C21H14N2O6. The fraction of sp³-hybridized carbons (Fsp3) is 0.190. The fourth-order valence-corrected chi connectivity index (χ4v) is 4.77. The normalized spacial score (nSPS) is 26.9. The van der Waals surface area contributed by atoms with Crippen LogP contribution in [-0.4, -0.2) is 46.0 Å². The van der Waals surface area contributed by atoms with Crippen molar-refractivity contribution < 1.29 is 29.1 Å². The molecule has 2 saturated heterocycles. The van der Waals surface area contributed by atoms with Crippen LogP contribution in [0.5, 0.6) is 0 Å². The Labute approximate surface area is 164 Å². The van der Waals surface area contributed by atoms with Crippen molar-refractivity contribution >= 4 is 35.0 Å². The summed E-state index contributed by atoms with van der Waals surface area (Å²) >= 11 is 0. The van der Waals surface area contributed by atoms with Gasteiger partial charge in [-0.25, -0.2) is 4.90 Å². The number of fused-ring (bicyclic) bond motifs is 3. The number of amides is 2. The molecule has 2 aromatic carbocycles. The van der Waals surface area contributed by atoms with Crippen molar-refractivity contribution in [1.82, 2.24) is 5.32 Å². The molecule has 8 heteroatoms. The number of hydrogen-bond acceptors (Lipinski definition) is 6. The molecule has 0 radical (unpaired) electrons. The summed E-state index contributed by atoms with van der Waals surface area (Å²) in [6.45, 7) is 0. The maximum absolute atomic E-state index is 13.3. The molecule has 1 aliphatic carbocycles. The number of anilines is 1. The molecule has 8 nitrogen and oxygen atoms in total. The number of hydrogen-bond donors (Lipinski definition) is 2. The van der Waals surface area contributed by atoms with Crippen LogP contribution in [0.1, 0.15) is 20.7 Å². The van der Waals surface area contributed by atoms with Gasteiger partial charge in [-0.1, -0.05) is 42.5 Å². The monoisotopic (exact) mass is 390 g/mol. The molecule has 2 N–H and O–H groups in total. The minimum atomic E-state index is -2.09. The Hall–Kier alpha value is -3.65. The predicted molar refractivity (Wildman–Crippen MR) is 98.3 cm³/mol. The minimum absolute atomic E-state index is 0.119. The SMILES string of the molecule is O=C(O)[C@@H]1NC2(C(=O)c3ccccc3C2=O)[C@@H]2C(=O)N(c3ccccc3)C(=O)[C@@H]21. The van der Waals surface area contributed by atoms with Gasteiger partial charge in [0.2, 0.25) is 11.8 Å². The number of ketones is 2. The lowest BCUT2D eigenvalue weighted by Gasteiger charge is -2.27. The smallest absolute Gasteiger partial charge is 0.321 e. The second-order valence-electron chi connectivity index (χ2n) is 7.32. The number of carboxylic acid groups (broad SMARTS) is 1. The van der Waals surface area contributed by atoms with E-state index in [4.69, 9.17) is 0 Å². The zero-order chi connectivity index (χ0) is 20.5. The number of nitrogens with one attached hydrogen (secondary N) is 1. The molecule has 29 heavy (non-hydrogen) atoms. The van der Waals surface area contributed by atoms with Crippen LogP contribution < -0.4 is 10.2 Å². The molecule has 5 rings (SSSR count). The molecule has 0 saturated carbocycles. The van der Waals surface area contributed by atoms with E-state index >= 15 is 0 Å². The number of imide groups is 1. The van der Waals surface area contributed by atoms with Crippen LogP contribution in [0, 0.1) is 11.8 Å². The van der Waals surface area contributed by atoms with E-state index in [1.807, 2.05) is 0 Å². The summed E-state index contributed by atoms with van der Waals surface area (Å²) in [4.78, 5) is 65.8. The zero-order valence-electron chi connectivity index (χ0n) is 14.9. The van der Waals surface area contributed by atoms with E-state index < -0.39 is 52.8 Å². The van der Waals surface area contributed by atoms with Crippen molar-refractivity contribution in [2.45, 2.75) is 11.6 Å². The molecule has 2 aromatic rings. The molecule has 3 aliphatic rings. The van der Waals surface area contributed by atoms with E-state index in [0.29, 0.717) is 0 Å². The summed E-state index contributed by atoms with van der Waals surface area (Å²) in [6.07, 6.45) is 0. The van der Waals surface area contributed by atoms with Crippen LogP contribution in [0.4, 0.5) is 5.69 Å². The third-order valence-corrected chi connectivity index (χ3v) is 5.97. The molecule has 2 heterocycles. The van der Waals surface area contributed by atoms with Gasteiger partial charge in [-0.3, -0.25) is 29.3 Å². The number of benzene rings is 2. The standard InChI is InChI=1S/C21H14N2O6/c24-16-11-8-4-5-9-12(11)17(25)21(16)14-13(15(22-21)20(28)29)18(26)23(19(14)27)10-6-2-1-3-7-10/h1-9,13-15,22H,(H,28,29)/t13-,14-,15+/m0/s1. The van der Waals surface area contributed by atoms with Crippen molar-refractivity contribution in [3.63, 3.8) is 0 Å². The Balaban J connectivity index is 1.70. The Kier molecular flexibility index (Phi) is 3.42. The quantitative estimate of drug-likeness (QED) is 0.571. The molecular weight excluding hydrogens is 376 g/mol. The summed E-state index contributed by atoms with van der Waals surface area (Å²) in [5, 5.41) is 12.3.